The number of thiophene rings is 1. The van der Waals surface area contributed by atoms with E-state index in [4.69, 9.17) is 0 Å². The minimum absolute atomic E-state index is 0.123. The van der Waals surface area contributed by atoms with Crippen LogP contribution in [0.5, 0.6) is 0 Å². The highest BCUT2D eigenvalue weighted by molar-refractivity contribution is 7.25. The number of allylic oxidation sites excluding steroid dienone is 4. The molecule has 0 fully saturated rings. The summed E-state index contributed by atoms with van der Waals surface area (Å²) in [6.45, 7) is 6.97. The van der Waals surface area contributed by atoms with Gasteiger partial charge in [-0.3, -0.25) is 0 Å². The van der Waals surface area contributed by atoms with Gasteiger partial charge in [-0.15, -0.1) is 24.2 Å². The predicted molar refractivity (Wildman–Crippen MR) is 270 cm³/mol. The van der Waals surface area contributed by atoms with Crippen LogP contribution in [0.15, 0.2) is 194 Å². The highest BCUT2D eigenvalue weighted by Crippen LogP contribution is 2.46. The molecule has 2 nitrogen and oxygen atoms in total. The van der Waals surface area contributed by atoms with E-state index < -0.39 is 0 Å². The SMILES string of the molecule is C#C.C/C(=C\C=C1/CC(C)(C)c2ccccc21)N(c1ccc2ccccc2c1)c1ccc2c(c1)sc1ccc(-n3c4ccc5ccccc5c4c4ccc5ccccc5c43)cc12. The first-order chi connectivity index (χ1) is 30.4. The predicted octanol–water partition coefficient (Wildman–Crippen LogP) is 16.7. The summed E-state index contributed by atoms with van der Waals surface area (Å²) in [5.41, 5.74) is 11.5. The molecule has 0 unspecified atom stereocenters. The second-order valence-electron chi connectivity index (χ2n) is 17.1. The van der Waals surface area contributed by atoms with Gasteiger partial charge in [0.05, 0.1) is 11.0 Å². The van der Waals surface area contributed by atoms with Gasteiger partial charge in [-0.05, 0) is 117 Å². The summed E-state index contributed by atoms with van der Waals surface area (Å²) in [6, 6.07) is 65.3. The molecule has 0 N–H and O–H groups in total. The molecular weight excluding hydrogens is 769 g/mol. The van der Waals surface area contributed by atoms with Crippen molar-refractivity contribution in [1.82, 2.24) is 4.57 Å². The standard InChI is InChI=1S/C57H42N2S.C2H2/c1-36(20-21-41-35-57(2,3)51-19-11-10-16-45(41)51)58(42-25-22-37-12-4-5-15-40(37)32-42)44-26-29-48-50-33-43(27-31-53(50)60-54(48)34-44)59-52-30-24-38-13-6-8-17-46(38)55(52)49-28-23-39-14-7-9-18-47(39)56(49)59;1-2/h4-34H,35H2,1-3H3;1-2H/b36-20+,41-21+;. The van der Waals surface area contributed by atoms with Crippen LogP contribution in [-0.2, 0) is 5.41 Å². The molecule has 0 atom stereocenters. The molecule has 0 saturated heterocycles. The summed E-state index contributed by atoms with van der Waals surface area (Å²) in [5, 5.41) is 12.7. The van der Waals surface area contributed by atoms with Gasteiger partial charge < -0.3 is 9.47 Å². The topological polar surface area (TPSA) is 8.17 Å². The maximum Gasteiger partial charge on any atom is 0.0619 e. The van der Waals surface area contributed by atoms with Gasteiger partial charge in [0.15, 0.2) is 0 Å². The first kappa shape index (κ1) is 37.6. The molecule has 1 aliphatic rings. The highest BCUT2D eigenvalue weighted by Gasteiger charge is 2.32. The molecule has 62 heavy (non-hydrogen) atoms. The van der Waals surface area contributed by atoms with Crippen molar-refractivity contribution in [3.63, 3.8) is 0 Å². The molecule has 0 saturated carbocycles. The Kier molecular flexibility index (Phi) is 8.89. The number of fused-ring (bicyclic) bond motifs is 12. The summed E-state index contributed by atoms with van der Waals surface area (Å²) in [4.78, 5) is 2.43. The molecular formula is C59H44N2S. The lowest BCUT2D eigenvalue weighted by Crippen LogP contribution is -2.14. The van der Waals surface area contributed by atoms with Gasteiger partial charge in [0, 0.05) is 59.1 Å². The Morgan fingerprint density at radius 1 is 0.581 bits per heavy atom. The van der Waals surface area contributed by atoms with E-state index in [-0.39, 0.29) is 5.41 Å². The minimum atomic E-state index is 0.123. The van der Waals surface area contributed by atoms with E-state index in [9.17, 15) is 0 Å². The van der Waals surface area contributed by atoms with Crippen molar-refractivity contribution < 1.29 is 0 Å². The summed E-state index contributed by atoms with van der Waals surface area (Å²) in [6.07, 6.45) is 13.7. The molecule has 12 rings (SSSR count). The van der Waals surface area contributed by atoms with Crippen molar-refractivity contribution >= 4 is 103 Å². The van der Waals surface area contributed by atoms with Crippen molar-refractivity contribution in [3.8, 4) is 18.5 Å². The van der Waals surface area contributed by atoms with Crippen LogP contribution in [0.3, 0.4) is 0 Å². The largest absolute Gasteiger partial charge is 0.314 e. The monoisotopic (exact) mass is 812 g/mol. The highest BCUT2D eigenvalue weighted by atomic mass is 32.1. The molecule has 0 amide bonds. The number of nitrogens with zero attached hydrogens (tertiary/aromatic N) is 2. The van der Waals surface area contributed by atoms with Crippen LogP contribution < -0.4 is 4.90 Å². The van der Waals surface area contributed by atoms with Gasteiger partial charge in [-0.25, -0.2) is 0 Å². The number of hydrogen-bond donors (Lipinski definition) is 0. The Morgan fingerprint density at radius 2 is 1.23 bits per heavy atom. The van der Waals surface area contributed by atoms with Gasteiger partial charge in [0.25, 0.3) is 0 Å². The Labute approximate surface area is 366 Å². The number of rotatable bonds is 5. The molecule has 3 heteroatoms. The Morgan fingerprint density at radius 3 is 2.06 bits per heavy atom. The van der Waals surface area contributed by atoms with E-state index in [0.717, 1.165) is 17.8 Å². The number of aromatic nitrogens is 1. The molecule has 296 valence electrons. The molecule has 2 heterocycles. The number of terminal acetylenes is 1. The quantitative estimate of drug-likeness (QED) is 0.157. The lowest BCUT2D eigenvalue weighted by Gasteiger charge is -2.26. The lowest BCUT2D eigenvalue weighted by molar-refractivity contribution is 0.563. The smallest absolute Gasteiger partial charge is 0.0619 e. The number of hydrogen-bond acceptors (Lipinski definition) is 2. The van der Waals surface area contributed by atoms with Crippen LogP contribution >= 0.6 is 11.3 Å². The average Bonchev–Trinajstić information content (AvgIpc) is 3.95. The number of benzene rings is 9. The second kappa shape index (κ2) is 14.7. The van der Waals surface area contributed by atoms with Crippen LogP contribution in [0.2, 0.25) is 0 Å². The van der Waals surface area contributed by atoms with Gasteiger partial charge in [-0.2, -0.15) is 0 Å². The molecule has 0 aliphatic heterocycles. The molecule has 0 bridgehead atoms. The first-order valence-corrected chi connectivity index (χ1v) is 22.1. The minimum Gasteiger partial charge on any atom is -0.314 e. The van der Waals surface area contributed by atoms with Gasteiger partial charge in [0.1, 0.15) is 0 Å². The molecule has 2 aromatic heterocycles. The molecule has 1 aliphatic carbocycles. The molecule has 9 aromatic carbocycles. The third kappa shape index (κ3) is 5.94. The first-order valence-electron chi connectivity index (χ1n) is 21.3. The van der Waals surface area contributed by atoms with Crippen molar-refractivity contribution in [3.05, 3.63) is 205 Å². The van der Waals surface area contributed by atoms with Crippen LogP contribution in [0, 0.1) is 12.8 Å². The molecule has 0 radical (unpaired) electrons. The summed E-state index contributed by atoms with van der Waals surface area (Å²) in [5.74, 6) is 0. The van der Waals surface area contributed by atoms with Gasteiger partial charge in [0.2, 0.25) is 0 Å². The number of anilines is 2. The fraction of sp³-hybridized carbons (Fsp3) is 0.0847. The Balaban J connectivity index is 0.00000213. The van der Waals surface area contributed by atoms with E-state index in [1.165, 1.54) is 102 Å². The van der Waals surface area contributed by atoms with E-state index in [1.54, 1.807) is 0 Å². The van der Waals surface area contributed by atoms with Crippen LogP contribution in [0.1, 0.15) is 38.3 Å². The fourth-order valence-corrected chi connectivity index (χ4v) is 11.3. The Hall–Kier alpha value is -7.38. The zero-order valence-corrected chi connectivity index (χ0v) is 35.9. The fourth-order valence-electron chi connectivity index (χ4n) is 10.2. The van der Waals surface area contributed by atoms with E-state index in [2.05, 4.69) is 231 Å². The second-order valence-corrected chi connectivity index (χ2v) is 18.2. The summed E-state index contributed by atoms with van der Waals surface area (Å²) in [7, 11) is 0. The Bertz CT molecular complexity index is 3680. The third-order valence-electron chi connectivity index (χ3n) is 13.0. The van der Waals surface area contributed by atoms with Gasteiger partial charge >= 0.3 is 0 Å². The molecule has 11 aromatic rings. The van der Waals surface area contributed by atoms with E-state index in [1.807, 2.05) is 11.3 Å². The maximum absolute atomic E-state index is 4.00. The van der Waals surface area contributed by atoms with Crippen LogP contribution in [0.25, 0.3) is 85.6 Å². The van der Waals surface area contributed by atoms with Crippen molar-refractivity contribution in [2.75, 3.05) is 4.90 Å². The summed E-state index contributed by atoms with van der Waals surface area (Å²) < 4.78 is 5.07. The zero-order chi connectivity index (χ0) is 42.1. The van der Waals surface area contributed by atoms with Crippen LogP contribution in [0.4, 0.5) is 11.4 Å². The van der Waals surface area contributed by atoms with Crippen LogP contribution in [-0.4, -0.2) is 4.57 Å². The van der Waals surface area contributed by atoms with Crippen molar-refractivity contribution in [2.24, 2.45) is 0 Å². The van der Waals surface area contributed by atoms with E-state index >= 15 is 0 Å². The normalized spacial score (nSPS) is 14.3. The van der Waals surface area contributed by atoms with E-state index in [0.29, 0.717) is 0 Å². The third-order valence-corrected chi connectivity index (χ3v) is 14.1. The molecule has 0 spiro atoms. The van der Waals surface area contributed by atoms with Crippen molar-refractivity contribution in [1.29, 1.82) is 0 Å². The maximum atomic E-state index is 4.00. The van der Waals surface area contributed by atoms with Crippen molar-refractivity contribution in [2.45, 2.75) is 32.6 Å². The summed E-state index contributed by atoms with van der Waals surface area (Å²) >= 11 is 1.88. The van der Waals surface area contributed by atoms with Gasteiger partial charge in [-0.1, -0.05) is 147 Å². The zero-order valence-electron chi connectivity index (χ0n) is 35.1. The average molecular weight is 813 g/mol. The lowest BCUT2D eigenvalue weighted by atomic mass is 9.86.